The topological polar surface area (TPSA) is 117 Å². The smallest absolute Gasteiger partial charge is 0.263 e. The molecule has 9 nitrogen and oxygen atoms in total. The predicted octanol–water partition coefficient (Wildman–Crippen LogP) is 2.39. The maximum absolute atomic E-state index is 13.0. The molecule has 1 amide bonds. The summed E-state index contributed by atoms with van der Waals surface area (Å²) in [6.45, 7) is 3.93. The lowest BCUT2D eigenvalue weighted by Gasteiger charge is -2.34. The third-order valence-electron chi connectivity index (χ3n) is 5.39. The zero-order valence-corrected chi connectivity index (χ0v) is 17.6. The number of anilines is 4. The number of nitriles is 1. The first kappa shape index (κ1) is 21.1. The molecule has 1 fully saturated rings. The monoisotopic (exact) mass is 429 g/mol. The molecule has 1 aliphatic heterocycles. The molecule has 2 aromatic heterocycles. The molecule has 0 bridgehead atoms. The van der Waals surface area contributed by atoms with Crippen LogP contribution < -0.4 is 21.1 Å². The highest BCUT2D eigenvalue weighted by atomic mass is 16.2. The molecule has 1 aromatic carbocycles. The van der Waals surface area contributed by atoms with Crippen molar-refractivity contribution < 1.29 is 4.79 Å². The predicted molar refractivity (Wildman–Crippen MR) is 123 cm³/mol. The summed E-state index contributed by atoms with van der Waals surface area (Å²) < 4.78 is 0. The van der Waals surface area contributed by atoms with Gasteiger partial charge in [0, 0.05) is 49.9 Å². The van der Waals surface area contributed by atoms with E-state index in [4.69, 9.17) is 0 Å². The van der Waals surface area contributed by atoms with Crippen molar-refractivity contribution in [3.8, 4) is 6.07 Å². The second kappa shape index (κ2) is 9.32. The Morgan fingerprint density at radius 2 is 1.84 bits per heavy atom. The number of carbonyl (C=O) groups excluding carboxylic acids is 1. The summed E-state index contributed by atoms with van der Waals surface area (Å²) in [4.78, 5) is 36.5. The van der Waals surface area contributed by atoms with Gasteiger partial charge >= 0.3 is 0 Å². The number of pyridine rings is 2. The molecule has 0 atom stereocenters. The minimum Gasteiger partial charge on any atom is -0.369 e. The number of benzene rings is 1. The van der Waals surface area contributed by atoms with Crippen molar-refractivity contribution in [3.05, 3.63) is 76.5 Å². The van der Waals surface area contributed by atoms with Gasteiger partial charge in [0.2, 0.25) is 0 Å². The van der Waals surface area contributed by atoms with Crippen molar-refractivity contribution in [1.29, 1.82) is 5.26 Å². The standard InChI is InChI=1S/C23H23N7O2/c1-29-10-12-30(13-11-29)18-4-2-17(3-5-18)27-23(32)21-19(7-9-26-22(21)31)28-20-15-25-8-6-16(20)14-24/h2-9,15H,10-13H2,1H3,(H,27,32)(H2,26,28,31). The summed E-state index contributed by atoms with van der Waals surface area (Å²) >= 11 is 0. The SMILES string of the molecule is CN1CCN(c2ccc(NC(=O)c3c(Nc4cnccc4C#N)cc[nH]c3=O)cc2)CC1. The maximum Gasteiger partial charge on any atom is 0.263 e. The zero-order chi connectivity index (χ0) is 22.5. The van der Waals surface area contributed by atoms with Crippen LogP contribution in [-0.2, 0) is 0 Å². The van der Waals surface area contributed by atoms with E-state index in [1.54, 1.807) is 12.1 Å². The minimum atomic E-state index is -0.552. The van der Waals surface area contributed by atoms with Gasteiger partial charge < -0.3 is 25.4 Å². The fourth-order valence-corrected chi connectivity index (χ4v) is 3.56. The number of likely N-dealkylation sites (N-methyl/N-ethyl adjacent to an activating group) is 1. The number of carbonyl (C=O) groups is 1. The summed E-state index contributed by atoms with van der Waals surface area (Å²) in [5, 5.41) is 15.0. The highest BCUT2D eigenvalue weighted by molar-refractivity contribution is 6.08. The van der Waals surface area contributed by atoms with E-state index in [9.17, 15) is 14.9 Å². The normalized spacial score (nSPS) is 13.9. The van der Waals surface area contributed by atoms with E-state index >= 15 is 0 Å². The van der Waals surface area contributed by atoms with Gasteiger partial charge in [-0.25, -0.2) is 0 Å². The second-order valence-electron chi connectivity index (χ2n) is 7.54. The zero-order valence-electron chi connectivity index (χ0n) is 17.6. The molecular weight excluding hydrogens is 406 g/mol. The van der Waals surface area contributed by atoms with Gasteiger partial charge in [-0.3, -0.25) is 14.6 Å². The molecule has 4 rings (SSSR count). The molecule has 3 heterocycles. The quantitative estimate of drug-likeness (QED) is 0.570. The summed E-state index contributed by atoms with van der Waals surface area (Å²) in [6.07, 6.45) is 4.41. The summed E-state index contributed by atoms with van der Waals surface area (Å²) in [6, 6.07) is 12.8. The molecule has 162 valence electrons. The van der Waals surface area contributed by atoms with Gasteiger partial charge in [0.1, 0.15) is 11.6 Å². The van der Waals surface area contributed by atoms with Gasteiger partial charge in [0.15, 0.2) is 0 Å². The van der Waals surface area contributed by atoms with E-state index in [1.165, 1.54) is 18.6 Å². The number of hydrogen-bond acceptors (Lipinski definition) is 7. The largest absolute Gasteiger partial charge is 0.369 e. The third kappa shape index (κ3) is 4.61. The number of nitrogens with zero attached hydrogens (tertiary/aromatic N) is 4. The maximum atomic E-state index is 13.0. The van der Waals surface area contributed by atoms with Crippen LogP contribution >= 0.6 is 0 Å². The Labute approximate surface area is 185 Å². The van der Waals surface area contributed by atoms with Gasteiger partial charge in [-0.1, -0.05) is 0 Å². The van der Waals surface area contributed by atoms with Crippen molar-refractivity contribution >= 4 is 28.7 Å². The molecule has 3 N–H and O–H groups in total. The third-order valence-corrected chi connectivity index (χ3v) is 5.39. The van der Waals surface area contributed by atoms with Crippen LogP contribution in [0, 0.1) is 11.3 Å². The Balaban J connectivity index is 1.52. The number of H-pyrrole nitrogens is 1. The number of aromatic amines is 1. The van der Waals surface area contributed by atoms with Gasteiger partial charge in [-0.05, 0) is 43.4 Å². The number of amides is 1. The lowest BCUT2D eigenvalue weighted by atomic mass is 10.1. The average molecular weight is 429 g/mol. The highest BCUT2D eigenvalue weighted by Gasteiger charge is 2.18. The Bertz CT molecular complexity index is 1210. The van der Waals surface area contributed by atoms with E-state index in [0.717, 1.165) is 31.9 Å². The van der Waals surface area contributed by atoms with E-state index in [2.05, 4.69) is 43.5 Å². The molecule has 9 heteroatoms. The molecule has 1 saturated heterocycles. The first-order valence-corrected chi connectivity index (χ1v) is 10.2. The summed E-state index contributed by atoms with van der Waals surface area (Å²) in [7, 11) is 2.11. The van der Waals surface area contributed by atoms with Gasteiger partial charge in [0.25, 0.3) is 11.5 Å². The van der Waals surface area contributed by atoms with Crippen LogP contribution in [-0.4, -0.2) is 54.0 Å². The summed E-state index contributed by atoms with van der Waals surface area (Å²) in [5.41, 5.74) is 2.10. The van der Waals surface area contributed by atoms with Crippen molar-refractivity contribution in [2.75, 3.05) is 48.8 Å². The molecule has 0 spiro atoms. The van der Waals surface area contributed by atoms with Gasteiger partial charge in [-0.15, -0.1) is 0 Å². The van der Waals surface area contributed by atoms with E-state index in [0.29, 0.717) is 16.9 Å². The molecule has 1 aliphatic rings. The number of aromatic nitrogens is 2. The van der Waals surface area contributed by atoms with E-state index < -0.39 is 11.5 Å². The number of rotatable bonds is 5. The first-order valence-electron chi connectivity index (χ1n) is 10.2. The van der Waals surface area contributed by atoms with Crippen LogP contribution in [0.3, 0.4) is 0 Å². The Morgan fingerprint density at radius 3 is 2.56 bits per heavy atom. The lowest BCUT2D eigenvalue weighted by Crippen LogP contribution is -2.44. The van der Waals surface area contributed by atoms with Crippen molar-refractivity contribution in [2.24, 2.45) is 0 Å². The molecule has 32 heavy (non-hydrogen) atoms. The Hall–Kier alpha value is -4.16. The lowest BCUT2D eigenvalue weighted by molar-refractivity contribution is 0.102. The summed E-state index contributed by atoms with van der Waals surface area (Å²) in [5.74, 6) is -0.552. The first-order chi connectivity index (χ1) is 15.5. The number of nitrogens with one attached hydrogen (secondary N) is 3. The van der Waals surface area contributed by atoms with Crippen molar-refractivity contribution in [2.45, 2.75) is 0 Å². The fraction of sp³-hybridized carbons (Fsp3) is 0.217. The van der Waals surface area contributed by atoms with Crippen LogP contribution in [0.15, 0.2) is 59.8 Å². The molecule has 0 radical (unpaired) electrons. The van der Waals surface area contributed by atoms with Gasteiger partial charge in [-0.2, -0.15) is 5.26 Å². The molecule has 0 saturated carbocycles. The minimum absolute atomic E-state index is 0.0802. The Morgan fingerprint density at radius 1 is 1.09 bits per heavy atom. The Kier molecular flexibility index (Phi) is 6.14. The number of hydrogen-bond donors (Lipinski definition) is 3. The number of piperazine rings is 1. The average Bonchev–Trinajstić information content (AvgIpc) is 2.80. The van der Waals surface area contributed by atoms with E-state index in [-0.39, 0.29) is 11.3 Å². The molecule has 0 aliphatic carbocycles. The van der Waals surface area contributed by atoms with Crippen molar-refractivity contribution in [3.63, 3.8) is 0 Å². The second-order valence-corrected chi connectivity index (χ2v) is 7.54. The van der Waals surface area contributed by atoms with Crippen LogP contribution in [0.2, 0.25) is 0 Å². The highest BCUT2D eigenvalue weighted by Crippen LogP contribution is 2.23. The molecule has 3 aromatic rings. The van der Waals surface area contributed by atoms with Crippen LogP contribution in [0.5, 0.6) is 0 Å². The fourth-order valence-electron chi connectivity index (χ4n) is 3.56. The van der Waals surface area contributed by atoms with Crippen LogP contribution in [0.25, 0.3) is 0 Å². The molecule has 0 unspecified atom stereocenters. The van der Waals surface area contributed by atoms with E-state index in [1.807, 2.05) is 24.3 Å². The van der Waals surface area contributed by atoms with Crippen molar-refractivity contribution in [1.82, 2.24) is 14.9 Å². The molecular formula is C23H23N7O2. The van der Waals surface area contributed by atoms with Crippen LogP contribution in [0.1, 0.15) is 15.9 Å². The van der Waals surface area contributed by atoms with Crippen LogP contribution in [0.4, 0.5) is 22.7 Å². The van der Waals surface area contributed by atoms with Gasteiger partial charge in [0.05, 0.1) is 23.1 Å².